The predicted octanol–water partition coefficient (Wildman–Crippen LogP) is 9.18. The van der Waals surface area contributed by atoms with Crippen LogP contribution in [0.2, 0.25) is 0 Å². The van der Waals surface area contributed by atoms with Crippen LogP contribution >= 0.6 is 0 Å². The molecule has 0 saturated heterocycles. The van der Waals surface area contributed by atoms with Gasteiger partial charge in [0.2, 0.25) is 0 Å². The number of esters is 1. The first-order valence-electron chi connectivity index (χ1n) is 18.6. The molecule has 5 N–H and O–H groups in total. The lowest BCUT2D eigenvalue weighted by Gasteiger charge is -2.62. The fourth-order valence-corrected chi connectivity index (χ4v) is 11.3. The fraction of sp³-hybridized carbons (Fsp3) is 0.683. The molecule has 6 nitrogen and oxygen atoms in total. The molecule has 11 atom stereocenters. The first-order valence-corrected chi connectivity index (χ1v) is 18.6. The highest BCUT2D eigenvalue weighted by Gasteiger charge is 2.63. The summed E-state index contributed by atoms with van der Waals surface area (Å²) in [6.45, 7) is 12.3. The van der Waals surface area contributed by atoms with Crippen molar-refractivity contribution in [1.29, 1.82) is 0 Å². The van der Waals surface area contributed by atoms with Gasteiger partial charge >= 0.3 is 5.97 Å². The topological polar surface area (TPSA) is 108 Å². The predicted molar refractivity (Wildman–Crippen MR) is 189 cm³/mol. The van der Waals surface area contributed by atoms with E-state index in [9.17, 15) is 9.90 Å². The zero-order chi connectivity index (χ0) is 33.5. The molecule has 0 bridgehead atoms. The van der Waals surface area contributed by atoms with E-state index in [0.29, 0.717) is 45.7 Å². The van der Waals surface area contributed by atoms with Crippen LogP contribution in [0.15, 0.2) is 48.5 Å². The van der Waals surface area contributed by atoms with Crippen molar-refractivity contribution in [1.82, 2.24) is 0 Å². The molecule has 258 valence electrons. The fourth-order valence-electron chi connectivity index (χ4n) is 11.3. The van der Waals surface area contributed by atoms with Crippen LogP contribution in [-0.2, 0) is 9.47 Å². The van der Waals surface area contributed by atoms with E-state index < -0.39 is 6.29 Å². The van der Waals surface area contributed by atoms with Gasteiger partial charge in [0.15, 0.2) is 6.29 Å². The first-order chi connectivity index (χ1) is 22.4. The lowest BCUT2D eigenvalue weighted by atomic mass is 9.43. The Bertz CT molecular complexity index is 1360. The number of carbonyl (C=O) groups excluding carboxylic acids is 1. The third-order valence-corrected chi connectivity index (χ3v) is 13.8. The standard InChI is InChI=1S/C41H60N2O4/c1-25(2)7-6-8-26(3)33-17-18-34-32-24-37(47-39(45)28-11-15-30(43)16-12-28)36-23-31(46-38(44)27-9-13-29(42)14-10-27)19-21-41(36,5)35(32)20-22-40(33,34)4/h9-16,25-26,31-38,44H,6-8,17-24,42-43H2,1-5H3. The minimum atomic E-state index is -1.01. The van der Waals surface area contributed by atoms with Gasteiger partial charge in [0.1, 0.15) is 6.10 Å². The minimum absolute atomic E-state index is 0.0588. The summed E-state index contributed by atoms with van der Waals surface area (Å²) in [6.07, 6.45) is 11.5. The lowest BCUT2D eigenvalue weighted by Crippen LogP contribution is -2.59. The third kappa shape index (κ3) is 6.84. The number of aliphatic hydroxyl groups is 1. The molecular weight excluding hydrogens is 584 g/mol. The van der Waals surface area contributed by atoms with Crippen LogP contribution in [0.1, 0.15) is 127 Å². The van der Waals surface area contributed by atoms with Gasteiger partial charge in [-0.15, -0.1) is 0 Å². The SMILES string of the molecule is CC(C)CCCC(C)C1CCC2C3CC(OC(=O)c4ccc(N)cc4)C4CC(OC(O)c5ccc(N)cc5)CCC4(C)C3CCC12C. The smallest absolute Gasteiger partial charge is 0.338 e. The highest BCUT2D eigenvalue weighted by molar-refractivity contribution is 5.89. The average molecular weight is 645 g/mol. The third-order valence-electron chi connectivity index (χ3n) is 13.8. The molecule has 4 aliphatic carbocycles. The highest BCUT2D eigenvalue weighted by atomic mass is 16.6. The van der Waals surface area contributed by atoms with E-state index in [1.165, 1.54) is 44.9 Å². The van der Waals surface area contributed by atoms with E-state index in [0.717, 1.165) is 43.4 Å². The van der Waals surface area contributed by atoms with Gasteiger partial charge < -0.3 is 26.0 Å². The molecule has 4 fully saturated rings. The number of ether oxygens (including phenoxy) is 2. The monoisotopic (exact) mass is 644 g/mol. The van der Waals surface area contributed by atoms with Crippen molar-refractivity contribution in [2.75, 3.05) is 11.5 Å². The second-order valence-electron chi connectivity index (χ2n) is 16.9. The Kier molecular flexibility index (Phi) is 10.0. The second kappa shape index (κ2) is 13.7. The summed E-state index contributed by atoms with van der Waals surface area (Å²) in [5, 5.41) is 11.0. The number of carbonyl (C=O) groups is 1. The second-order valence-corrected chi connectivity index (χ2v) is 16.9. The normalized spacial score (nSPS) is 36.2. The zero-order valence-electron chi connectivity index (χ0n) is 29.5. The molecule has 4 saturated carbocycles. The number of rotatable bonds is 10. The van der Waals surface area contributed by atoms with E-state index in [4.69, 9.17) is 20.9 Å². The van der Waals surface area contributed by atoms with Crippen LogP contribution < -0.4 is 11.5 Å². The van der Waals surface area contributed by atoms with Gasteiger partial charge in [-0.3, -0.25) is 0 Å². The van der Waals surface area contributed by atoms with Gasteiger partial charge in [0.05, 0.1) is 11.7 Å². The zero-order valence-corrected chi connectivity index (χ0v) is 29.5. The van der Waals surface area contributed by atoms with Crippen LogP contribution in [0.5, 0.6) is 0 Å². The van der Waals surface area contributed by atoms with Crippen LogP contribution in [0.25, 0.3) is 0 Å². The van der Waals surface area contributed by atoms with Crippen molar-refractivity contribution in [3.8, 4) is 0 Å². The number of benzene rings is 2. The summed E-state index contributed by atoms with van der Waals surface area (Å²) in [4.78, 5) is 13.7. The Hall–Kier alpha value is -2.57. The summed E-state index contributed by atoms with van der Waals surface area (Å²) in [5.41, 5.74) is 14.8. The highest BCUT2D eigenvalue weighted by Crippen LogP contribution is 2.69. The van der Waals surface area contributed by atoms with E-state index in [1.807, 2.05) is 12.1 Å². The summed E-state index contributed by atoms with van der Waals surface area (Å²) in [5.74, 6) is 4.08. The van der Waals surface area contributed by atoms with Crippen LogP contribution in [-0.4, -0.2) is 23.3 Å². The van der Waals surface area contributed by atoms with Gasteiger partial charge in [-0.1, -0.05) is 66.0 Å². The molecule has 0 aliphatic heterocycles. The number of anilines is 2. The Morgan fingerprint density at radius 1 is 0.830 bits per heavy atom. The number of fused-ring (bicyclic) bond motifs is 5. The van der Waals surface area contributed by atoms with Crippen molar-refractivity contribution in [3.63, 3.8) is 0 Å². The largest absolute Gasteiger partial charge is 0.458 e. The molecule has 2 aromatic rings. The number of nitrogens with two attached hydrogens (primary N) is 2. The quantitative estimate of drug-likeness (QED) is 0.135. The maximum atomic E-state index is 13.7. The molecule has 6 rings (SSSR count). The molecule has 0 spiro atoms. The van der Waals surface area contributed by atoms with Gasteiger partial charge in [-0.05, 0) is 134 Å². The summed E-state index contributed by atoms with van der Waals surface area (Å²) in [7, 11) is 0. The molecule has 0 radical (unpaired) electrons. The van der Waals surface area contributed by atoms with E-state index in [-0.39, 0.29) is 29.5 Å². The van der Waals surface area contributed by atoms with Crippen molar-refractivity contribution >= 4 is 17.3 Å². The summed E-state index contributed by atoms with van der Waals surface area (Å²) < 4.78 is 12.9. The molecule has 47 heavy (non-hydrogen) atoms. The van der Waals surface area contributed by atoms with E-state index in [2.05, 4.69) is 34.6 Å². The van der Waals surface area contributed by atoms with Crippen LogP contribution in [0.3, 0.4) is 0 Å². The average Bonchev–Trinajstić information content (AvgIpc) is 3.39. The molecule has 0 amide bonds. The molecule has 6 heteroatoms. The lowest BCUT2D eigenvalue weighted by molar-refractivity contribution is -0.205. The number of hydrogen-bond donors (Lipinski definition) is 3. The Morgan fingerprint density at radius 2 is 1.47 bits per heavy atom. The van der Waals surface area contributed by atoms with Crippen molar-refractivity contribution in [2.45, 2.75) is 124 Å². The maximum absolute atomic E-state index is 13.7. The van der Waals surface area contributed by atoms with Gasteiger partial charge in [0, 0.05) is 22.9 Å². The molecular formula is C41H60N2O4. The van der Waals surface area contributed by atoms with Gasteiger partial charge in [-0.25, -0.2) is 4.79 Å². The maximum Gasteiger partial charge on any atom is 0.338 e. The molecule has 11 unspecified atom stereocenters. The molecule has 2 aromatic carbocycles. The van der Waals surface area contributed by atoms with E-state index in [1.54, 1.807) is 36.4 Å². The van der Waals surface area contributed by atoms with Crippen molar-refractivity contribution < 1.29 is 19.4 Å². The van der Waals surface area contributed by atoms with Crippen molar-refractivity contribution in [2.24, 2.45) is 52.3 Å². The van der Waals surface area contributed by atoms with Crippen LogP contribution in [0.4, 0.5) is 11.4 Å². The Morgan fingerprint density at radius 3 is 2.15 bits per heavy atom. The molecule has 4 aliphatic rings. The molecule has 0 heterocycles. The minimum Gasteiger partial charge on any atom is -0.458 e. The summed E-state index contributed by atoms with van der Waals surface area (Å²) in [6, 6.07) is 14.3. The van der Waals surface area contributed by atoms with Gasteiger partial charge in [-0.2, -0.15) is 0 Å². The van der Waals surface area contributed by atoms with E-state index >= 15 is 0 Å². The summed E-state index contributed by atoms with van der Waals surface area (Å²) >= 11 is 0. The first kappa shape index (κ1) is 34.3. The number of hydrogen-bond acceptors (Lipinski definition) is 6. The number of nitrogen functional groups attached to an aromatic ring is 2. The number of aliphatic hydroxyl groups excluding tert-OH is 1. The van der Waals surface area contributed by atoms with Gasteiger partial charge in [0.25, 0.3) is 0 Å². The molecule has 0 aromatic heterocycles. The Labute approximate surface area is 283 Å². The Balaban J connectivity index is 1.24. The van der Waals surface area contributed by atoms with Crippen molar-refractivity contribution in [3.05, 3.63) is 59.7 Å². The van der Waals surface area contributed by atoms with Crippen LogP contribution in [0, 0.1) is 52.3 Å².